The summed E-state index contributed by atoms with van der Waals surface area (Å²) >= 11 is 0. The fraction of sp³-hybridized carbons (Fsp3) is 0.200. The van der Waals surface area contributed by atoms with Crippen LogP contribution in [0.2, 0.25) is 0 Å². The maximum absolute atomic E-state index is 11.9. The second-order valence-electron chi connectivity index (χ2n) is 4.69. The zero-order valence-corrected chi connectivity index (χ0v) is 12.4. The lowest BCUT2D eigenvalue weighted by Crippen LogP contribution is -2.25. The van der Waals surface area contributed by atoms with Crippen LogP contribution in [0.1, 0.15) is 11.1 Å². The van der Waals surface area contributed by atoms with E-state index in [4.69, 9.17) is 0 Å². The Hall–Kier alpha value is -2.21. The van der Waals surface area contributed by atoms with Gasteiger partial charge in [-0.1, -0.05) is 18.2 Å². The highest BCUT2D eigenvalue weighted by Gasteiger charge is 2.14. The van der Waals surface area contributed by atoms with E-state index in [0.29, 0.717) is 12.1 Å². The van der Waals surface area contributed by atoms with Gasteiger partial charge in [-0.2, -0.15) is 0 Å². The molecule has 1 aromatic carbocycles. The van der Waals surface area contributed by atoms with Gasteiger partial charge in [0.1, 0.15) is 0 Å². The molecule has 0 fully saturated rings. The summed E-state index contributed by atoms with van der Waals surface area (Å²) in [4.78, 5) is 16.0. The van der Waals surface area contributed by atoms with E-state index in [2.05, 4.69) is 10.3 Å². The maximum Gasteiger partial charge on any atom is 0.224 e. The average Bonchev–Trinajstić information content (AvgIpc) is 2.46. The predicted molar refractivity (Wildman–Crippen MR) is 79.3 cm³/mol. The van der Waals surface area contributed by atoms with Gasteiger partial charge in [-0.25, -0.2) is 8.42 Å². The number of benzene rings is 1. The molecule has 0 atom stereocenters. The van der Waals surface area contributed by atoms with Gasteiger partial charge in [0.05, 0.1) is 11.3 Å². The molecular weight excluding hydrogens is 288 g/mol. The van der Waals surface area contributed by atoms with Gasteiger partial charge in [-0.05, 0) is 29.3 Å². The number of carbonyl (C=O) groups is 1. The number of amides is 1. The SMILES string of the molecule is CS(=O)(=O)c1ccccc1CC(=O)NCc1ccncc1. The van der Waals surface area contributed by atoms with E-state index in [-0.39, 0.29) is 17.2 Å². The number of carbonyl (C=O) groups excluding carboxylic acids is 1. The molecule has 6 heteroatoms. The van der Waals surface area contributed by atoms with Crippen molar-refractivity contribution in [2.45, 2.75) is 17.9 Å². The van der Waals surface area contributed by atoms with E-state index in [0.717, 1.165) is 11.8 Å². The topological polar surface area (TPSA) is 76.1 Å². The Morgan fingerprint density at radius 2 is 1.81 bits per heavy atom. The zero-order valence-electron chi connectivity index (χ0n) is 11.6. The minimum Gasteiger partial charge on any atom is -0.352 e. The molecule has 21 heavy (non-hydrogen) atoms. The van der Waals surface area contributed by atoms with E-state index in [1.54, 1.807) is 30.6 Å². The molecule has 0 bridgehead atoms. The summed E-state index contributed by atoms with van der Waals surface area (Å²) in [6.45, 7) is 0.391. The van der Waals surface area contributed by atoms with Gasteiger partial charge >= 0.3 is 0 Å². The number of hydrogen-bond acceptors (Lipinski definition) is 4. The van der Waals surface area contributed by atoms with Gasteiger partial charge in [0.2, 0.25) is 5.91 Å². The van der Waals surface area contributed by atoms with Crippen LogP contribution in [0.25, 0.3) is 0 Å². The molecule has 5 nitrogen and oxygen atoms in total. The summed E-state index contributed by atoms with van der Waals surface area (Å²) in [5.74, 6) is -0.220. The van der Waals surface area contributed by atoms with Crippen molar-refractivity contribution in [2.24, 2.45) is 0 Å². The molecule has 0 spiro atoms. The molecule has 1 N–H and O–H groups in total. The van der Waals surface area contributed by atoms with Crippen molar-refractivity contribution in [1.29, 1.82) is 0 Å². The lowest BCUT2D eigenvalue weighted by atomic mass is 10.1. The summed E-state index contributed by atoms with van der Waals surface area (Å²) in [5, 5.41) is 2.76. The van der Waals surface area contributed by atoms with Crippen LogP contribution in [0.15, 0.2) is 53.7 Å². The molecule has 0 saturated carbocycles. The van der Waals surface area contributed by atoms with Crippen molar-refractivity contribution in [3.8, 4) is 0 Å². The van der Waals surface area contributed by atoms with Crippen LogP contribution in [0.4, 0.5) is 0 Å². The summed E-state index contributed by atoms with van der Waals surface area (Å²) in [5.41, 5.74) is 1.45. The van der Waals surface area contributed by atoms with E-state index in [1.165, 1.54) is 6.07 Å². The van der Waals surface area contributed by atoms with Crippen LogP contribution < -0.4 is 5.32 Å². The van der Waals surface area contributed by atoms with Gasteiger partial charge in [0.25, 0.3) is 0 Å². The first-order chi connectivity index (χ1) is 9.97. The summed E-state index contributed by atoms with van der Waals surface area (Å²) < 4.78 is 23.4. The first-order valence-electron chi connectivity index (χ1n) is 6.40. The summed E-state index contributed by atoms with van der Waals surface area (Å²) in [6, 6.07) is 10.2. The van der Waals surface area contributed by atoms with Gasteiger partial charge in [-0.3, -0.25) is 9.78 Å². The Labute approximate surface area is 124 Å². The molecular formula is C15H16N2O3S. The number of nitrogens with zero attached hydrogens (tertiary/aromatic N) is 1. The molecule has 0 saturated heterocycles. The fourth-order valence-corrected chi connectivity index (χ4v) is 2.89. The first kappa shape index (κ1) is 15.2. The van der Waals surface area contributed by atoms with Crippen molar-refractivity contribution in [1.82, 2.24) is 10.3 Å². The van der Waals surface area contributed by atoms with E-state index in [9.17, 15) is 13.2 Å². The smallest absolute Gasteiger partial charge is 0.224 e. The summed E-state index contributed by atoms with van der Waals surface area (Å²) in [6.07, 6.45) is 4.48. The molecule has 2 rings (SSSR count). The Bertz CT molecular complexity index is 728. The van der Waals surface area contributed by atoms with Crippen LogP contribution in [-0.2, 0) is 27.6 Å². The molecule has 0 radical (unpaired) electrons. The average molecular weight is 304 g/mol. The van der Waals surface area contributed by atoms with Crippen molar-refractivity contribution >= 4 is 15.7 Å². The Morgan fingerprint density at radius 1 is 1.14 bits per heavy atom. The van der Waals surface area contributed by atoms with Crippen LogP contribution in [0.3, 0.4) is 0 Å². The minimum atomic E-state index is -3.33. The molecule has 110 valence electrons. The minimum absolute atomic E-state index is 0.0360. The second kappa shape index (κ2) is 6.49. The van der Waals surface area contributed by atoms with Crippen molar-refractivity contribution in [3.05, 3.63) is 59.9 Å². The third-order valence-corrected chi connectivity index (χ3v) is 4.16. The first-order valence-corrected chi connectivity index (χ1v) is 8.29. The number of nitrogens with one attached hydrogen (secondary N) is 1. The largest absolute Gasteiger partial charge is 0.352 e. The van der Waals surface area contributed by atoms with Gasteiger partial charge in [0.15, 0.2) is 9.84 Å². The number of pyridine rings is 1. The Morgan fingerprint density at radius 3 is 2.48 bits per heavy atom. The number of aromatic nitrogens is 1. The monoisotopic (exact) mass is 304 g/mol. The summed E-state index contributed by atoms with van der Waals surface area (Å²) in [7, 11) is -3.33. The molecule has 1 aromatic heterocycles. The van der Waals surface area contributed by atoms with Crippen LogP contribution >= 0.6 is 0 Å². The van der Waals surface area contributed by atoms with E-state index in [1.807, 2.05) is 12.1 Å². The maximum atomic E-state index is 11.9. The molecule has 0 unspecified atom stereocenters. The third-order valence-electron chi connectivity index (χ3n) is 2.96. The zero-order chi connectivity index (χ0) is 15.3. The normalized spacial score (nSPS) is 11.1. The lowest BCUT2D eigenvalue weighted by molar-refractivity contribution is -0.120. The third kappa shape index (κ3) is 4.39. The number of sulfone groups is 1. The van der Waals surface area contributed by atoms with Gasteiger partial charge < -0.3 is 5.32 Å². The molecule has 2 aromatic rings. The van der Waals surface area contributed by atoms with E-state index >= 15 is 0 Å². The molecule has 0 aliphatic rings. The molecule has 0 aliphatic carbocycles. The Balaban J connectivity index is 2.04. The van der Waals surface area contributed by atoms with Crippen LogP contribution in [-0.4, -0.2) is 25.6 Å². The highest BCUT2D eigenvalue weighted by Crippen LogP contribution is 2.15. The second-order valence-corrected chi connectivity index (χ2v) is 6.67. The molecule has 1 heterocycles. The molecule has 1 amide bonds. The highest BCUT2D eigenvalue weighted by molar-refractivity contribution is 7.90. The molecule has 0 aliphatic heterocycles. The predicted octanol–water partition coefficient (Wildman–Crippen LogP) is 1.34. The quantitative estimate of drug-likeness (QED) is 0.904. The highest BCUT2D eigenvalue weighted by atomic mass is 32.2. The standard InChI is InChI=1S/C15H16N2O3S/c1-21(19,20)14-5-3-2-4-13(14)10-15(18)17-11-12-6-8-16-9-7-12/h2-9H,10-11H2,1H3,(H,17,18). The van der Waals surface area contributed by atoms with E-state index < -0.39 is 9.84 Å². The number of hydrogen-bond donors (Lipinski definition) is 1. The fourth-order valence-electron chi connectivity index (χ4n) is 1.95. The van der Waals surface area contributed by atoms with Crippen molar-refractivity contribution < 1.29 is 13.2 Å². The van der Waals surface area contributed by atoms with Crippen molar-refractivity contribution in [3.63, 3.8) is 0 Å². The Kier molecular flexibility index (Phi) is 4.70. The lowest BCUT2D eigenvalue weighted by Gasteiger charge is -2.08. The number of rotatable bonds is 5. The van der Waals surface area contributed by atoms with Gasteiger partial charge in [0, 0.05) is 25.2 Å². The van der Waals surface area contributed by atoms with Crippen LogP contribution in [0, 0.1) is 0 Å². The van der Waals surface area contributed by atoms with Crippen LogP contribution in [0.5, 0.6) is 0 Å². The van der Waals surface area contributed by atoms with Crippen molar-refractivity contribution in [2.75, 3.05) is 6.26 Å². The van der Waals surface area contributed by atoms with Gasteiger partial charge in [-0.15, -0.1) is 0 Å².